The fourth-order valence-electron chi connectivity index (χ4n) is 2.03. The molecule has 2 heterocycles. The van der Waals surface area contributed by atoms with E-state index in [2.05, 4.69) is 31.5 Å². The average molecular weight is 332 g/mol. The van der Waals surface area contributed by atoms with Gasteiger partial charge in [0.15, 0.2) is 0 Å². The number of pyridine rings is 1. The second kappa shape index (κ2) is 5.05. The summed E-state index contributed by atoms with van der Waals surface area (Å²) in [5.41, 5.74) is 2.70. The summed E-state index contributed by atoms with van der Waals surface area (Å²) in [7, 11) is 0. The number of benzene rings is 1. The highest BCUT2D eigenvalue weighted by molar-refractivity contribution is 9.10. The first-order chi connectivity index (χ1) is 9.63. The zero-order chi connectivity index (χ0) is 14.1. The number of rotatable bonds is 2. The molecule has 0 saturated heterocycles. The molecule has 100 valence electrons. The van der Waals surface area contributed by atoms with Gasteiger partial charge in [0.25, 0.3) is 5.91 Å². The van der Waals surface area contributed by atoms with Crippen LogP contribution < -0.4 is 10.6 Å². The molecule has 0 fully saturated rings. The Morgan fingerprint density at radius 1 is 1.35 bits per heavy atom. The van der Waals surface area contributed by atoms with Crippen molar-refractivity contribution >= 4 is 39.1 Å². The number of nitrogens with one attached hydrogen (secondary N) is 2. The third-order valence-electron chi connectivity index (χ3n) is 3.00. The van der Waals surface area contributed by atoms with E-state index in [9.17, 15) is 9.59 Å². The lowest BCUT2D eigenvalue weighted by Gasteiger charge is -2.07. The maximum absolute atomic E-state index is 12.2. The van der Waals surface area contributed by atoms with Crippen molar-refractivity contribution in [3.8, 4) is 0 Å². The van der Waals surface area contributed by atoms with E-state index in [-0.39, 0.29) is 11.8 Å². The number of carbonyl (C=O) groups is 2. The van der Waals surface area contributed by atoms with Crippen LogP contribution in [-0.4, -0.2) is 16.8 Å². The fraction of sp³-hybridized carbons (Fsp3) is 0.0714. The number of halogens is 1. The fourth-order valence-corrected chi connectivity index (χ4v) is 2.38. The molecule has 6 heteroatoms. The highest BCUT2D eigenvalue weighted by Crippen LogP contribution is 2.25. The van der Waals surface area contributed by atoms with Gasteiger partial charge in [-0.3, -0.25) is 9.59 Å². The van der Waals surface area contributed by atoms with Gasteiger partial charge >= 0.3 is 0 Å². The molecule has 0 bridgehead atoms. The van der Waals surface area contributed by atoms with E-state index >= 15 is 0 Å². The maximum atomic E-state index is 12.2. The lowest BCUT2D eigenvalue weighted by molar-refractivity contribution is -0.115. The molecular weight excluding hydrogens is 322 g/mol. The van der Waals surface area contributed by atoms with Crippen LogP contribution in [0.3, 0.4) is 0 Å². The van der Waals surface area contributed by atoms with Crippen molar-refractivity contribution in [3.63, 3.8) is 0 Å². The number of anilines is 2. The van der Waals surface area contributed by atoms with Crippen molar-refractivity contribution < 1.29 is 9.59 Å². The Morgan fingerprint density at radius 2 is 2.20 bits per heavy atom. The van der Waals surface area contributed by atoms with Crippen molar-refractivity contribution in [2.45, 2.75) is 6.42 Å². The SMILES string of the molecule is O=C1Cc2ccc(C(=O)Nc3cccnc3Br)cc2N1. The van der Waals surface area contributed by atoms with Crippen LogP contribution in [-0.2, 0) is 11.2 Å². The van der Waals surface area contributed by atoms with Gasteiger partial charge in [0, 0.05) is 17.4 Å². The summed E-state index contributed by atoms with van der Waals surface area (Å²) in [6, 6.07) is 8.67. The first kappa shape index (κ1) is 12.8. The van der Waals surface area contributed by atoms with Gasteiger partial charge in [-0.25, -0.2) is 4.98 Å². The van der Waals surface area contributed by atoms with Crippen LogP contribution in [0.4, 0.5) is 11.4 Å². The minimum atomic E-state index is -0.248. The zero-order valence-corrected chi connectivity index (χ0v) is 11.9. The van der Waals surface area contributed by atoms with Crippen LogP contribution in [0.2, 0.25) is 0 Å². The lowest BCUT2D eigenvalue weighted by atomic mass is 10.1. The minimum Gasteiger partial charge on any atom is -0.326 e. The Balaban J connectivity index is 1.84. The third kappa shape index (κ3) is 2.42. The molecule has 0 atom stereocenters. The van der Waals surface area contributed by atoms with Gasteiger partial charge in [-0.15, -0.1) is 0 Å². The zero-order valence-electron chi connectivity index (χ0n) is 10.3. The van der Waals surface area contributed by atoms with Gasteiger partial charge in [-0.1, -0.05) is 6.07 Å². The molecule has 5 nitrogen and oxygen atoms in total. The Labute approximate surface area is 123 Å². The monoisotopic (exact) mass is 331 g/mol. The largest absolute Gasteiger partial charge is 0.326 e. The molecule has 1 aromatic carbocycles. The predicted molar refractivity (Wildman–Crippen MR) is 78.7 cm³/mol. The van der Waals surface area contributed by atoms with Gasteiger partial charge in [-0.05, 0) is 45.8 Å². The standard InChI is InChI=1S/C14H10BrN3O2/c15-13-10(2-1-5-16-13)18-14(20)9-4-3-8-7-12(19)17-11(8)6-9/h1-6H,7H2,(H,17,19)(H,18,20). The number of aromatic nitrogens is 1. The molecule has 1 aromatic heterocycles. The molecule has 0 aliphatic carbocycles. The number of amides is 2. The van der Waals surface area contributed by atoms with E-state index in [0.717, 1.165) is 5.56 Å². The summed E-state index contributed by atoms with van der Waals surface area (Å²) < 4.78 is 0.572. The number of fused-ring (bicyclic) bond motifs is 1. The van der Waals surface area contributed by atoms with Crippen molar-refractivity contribution in [2.24, 2.45) is 0 Å². The Bertz CT molecular complexity index is 715. The molecule has 2 aromatic rings. The van der Waals surface area contributed by atoms with E-state index in [4.69, 9.17) is 0 Å². The van der Waals surface area contributed by atoms with E-state index in [1.54, 1.807) is 36.5 Å². The Morgan fingerprint density at radius 3 is 3.00 bits per heavy atom. The quantitative estimate of drug-likeness (QED) is 0.831. The van der Waals surface area contributed by atoms with Crippen LogP contribution in [0.15, 0.2) is 41.1 Å². The Kier molecular flexibility index (Phi) is 3.23. The summed E-state index contributed by atoms with van der Waals surface area (Å²) in [6.45, 7) is 0. The van der Waals surface area contributed by atoms with Gasteiger partial charge < -0.3 is 10.6 Å². The molecule has 1 aliphatic heterocycles. The summed E-state index contributed by atoms with van der Waals surface area (Å²) in [5, 5.41) is 5.50. The van der Waals surface area contributed by atoms with Crippen LogP contribution in [0.5, 0.6) is 0 Å². The highest BCUT2D eigenvalue weighted by atomic mass is 79.9. The van der Waals surface area contributed by atoms with Crippen LogP contribution in [0.1, 0.15) is 15.9 Å². The van der Waals surface area contributed by atoms with Crippen molar-refractivity contribution in [1.29, 1.82) is 0 Å². The summed E-state index contributed by atoms with van der Waals surface area (Å²) in [4.78, 5) is 27.5. The summed E-state index contributed by atoms with van der Waals surface area (Å²) in [5.74, 6) is -0.296. The smallest absolute Gasteiger partial charge is 0.255 e. The summed E-state index contributed by atoms with van der Waals surface area (Å²) >= 11 is 3.27. The van der Waals surface area contributed by atoms with Gasteiger partial charge in [0.05, 0.1) is 12.1 Å². The molecule has 2 amide bonds. The van der Waals surface area contributed by atoms with Crippen molar-refractivity contribution in [1.82, 2.24) is 4.98 Å². The van der Waals surface area contributed by atoms with Crippen molar-refractivity contribution in [2.75, 3.05) is 10.6 Å². The van der Waals surface area contributed by atoms with Crippen molar-refractivity contribution in [3.05, 3.63) is 52.3 Å². The van der Waals surface area contributed by atoms with Crippen LogP contribution in [0.25, 0.3) is 0 Å². The molecule has 1 aliphatic rings. The van der Waals surface area contributed by atoms with Crippen LogP contribution >= 0.6 is 15.9 Å². The molecule has 3 rings (SSSR count). The van der Waals surface area contributed by atoms with E-state index in [0.29, 0.717) is 28.0 Å². The lowest BCUT2D eigenvalue weighted by Crippen LogP contribution is -2.12. The molecule has 0 radical (unpaired) electrons. The molecular formula is C14H10BrN3O2. The summed E-state index contributed by atoms with van der Waals surface area (Å²) in [6.07, 6.45) is 2.00. The Hall–Kier alpha value is -2.21. The molecule has 0 unspecified atom stereocenters. The minimum absolute atomic E-state index is 0.0486. The number of hydrogen-bond acceptors (Lipinski definition) is 3. The third-order valence-corrected chi connectivity index (χ3v) is 3.64. The van der Waals surface area contributed by atoms with Crippen LogP contribution in [0, 0.1) is 0 Å². The van der Waals surface area contributed by atoms with E-state index in [1.165, 1.54) is 0 Å². The number of carbonyl (C=O) groups excluding carboxylic acids is 2. The normalized spacial score (nSPS) is 12.8. The van der Waals surface area contributed by atoms with Gasteiger partial charge in [-0.2, -0.15) is 0 Å². The molecule has 20 heavy (non-hydrogen) atoms. The topological polar surface area (TPSA) is 71.1 Å². The second-order valence-corrected chi connectivity index (χ2v) is 5.14. The first-order valence-electron chi connectivity index (χ1n) is 5.98. The molecule has 0 saturated carbocycles. The van der Waals surface area contributed by atoms with E-state index < -0.39 is 0 Å². The molecule has 2 N–H and O–H groups in total. The number of nitrogens with zero attached hydrogens (tertiary/aromatic N) is 1. The predicted octanol–water partition coefficient (Wildman–Crippen LogP) is 2.59. The highest BCUT2D eigenvalue weighted by Gasteiger charge is 2.19. The second-order valence-electron chi connectivity index (χ2n) is 4.39. The maximum Gasteiger partial charge on any atom is 0.255 e. The van der Waals surface area contributed by atoms with E-state index in [1.807, 2.05) is 0 Å². The average Bonchev–Trinajstić information content (AvgIpc) is 2.80. The van der Waals surface area contributed by atoms with Gasteiger partial charge in [0.1, 0.15) is 4.60 Å². The van der Waals surface area contributed by atoms with Gasteiger partial charge in [0.2, 0.25) is 5.91 Å². The first-order valence-corrected chi connectivity index (χ1v) is 6.77. The molecule has 0 spiro atoms. The number of hydrogen-bond donors (Lipinski definition) is 2.